The lowest BCUT2D eigenvalue weighted by molar-refractivity contribution is 0.466. The Labute approximate surface area is 101 Å². The van der Waals surface area contributed by atoms with Crippen molar-refractivity contribution in [2.45, 2.75) is 20.8 Å². The number of rotatable bonds is 1. The van der Waals surface area contributed by atoms with Crippen LogP contribution < -0.4 is 0 Å². The Hall–Kier alpha value is -1.96. The van der Waals surface area contributed by atoms with Gasteiger partial charge >= 0.3 is 0 Å². The fourth-order valence-corrected chi connectivity index (χ4v) is 1.89. The van der Waals surface area contributed by atoms with Crippen molar-refractivity contribution in [3.05, 3.63) is 47.0 Å². The van der Waals surface area contributed by atoms with Crippen LogP contribution in [0.1, 0.15) is 16.7 Å². The molecule has 0 heterocycles. The molecular weight excluding hydrogens is 212 g/mol. The van der Waals surface area contributed by atoms with Gasteiger partial charge in [0.25, 0.3) is 0 Å². The van der Waals surface area contributed by atoms with E-state index >= 15 is 0 Å². The zero-order chi connectivity index (χ0) is 12.6. The van der Waals surface area contributed by atoms with Crippen molar-refractivity contribution in [1.82, 2.24) is 0 Å². The fourth-order valence-electron chi connectivity index (χ4n) is 1.89. The average Bonchev–Trinajstić information content (AvgIpc) is 2.28. The predicted octanol–water partition coefficient (Wildman–Crippen LogP) is 3.69. The fraction of sp³-hybridized carbons (Fsp3) is 0.200. The standard InChI is InChI=1S/C15H16O2/c1-9-5-4-6-12(15(9)17)13-7-10(2)11(3)8-14(13)16/h4-8,16-17H,1-3H3. The van der Waals surface area contributed by atoms with Gasteiger partial charge in [-0.15, -0.1) is 0 Å². The van der Waals surface area contributed by atoms with Crippen molar-refractivity contribution < 1.29 is 10.2 Å². The number of phenols is 2. The molecule has 2 rings (SSSR count). The van der Waals surface area contributed by atoms with E-state index < -0.39 is 0 Å². The molecule has 17 heavy (non-hydrogen) atoms. The molecule has 0 aliphatic carbocycles. The minimum Gasteiger partial charge on any atom is -0.507 e. The third-order valence-electron chi connectivity index (χ3n) is 3.14. The topological polar surface area (TPSA) is 40.5 Å². The Morgan fingerprint density at radius 1 is 0.765 bits per heavy atom. The van der Waals surface area contributed by atoms with Gasteiger partial charge in [-0.2, -0.15) is 0 Å². The maximum atomic E-state index is 10.0. The van der Waals surface area contributed by atoms with Gasteiger partial charge in [0, 0.05) is 11.1 Å². The Bertz CT molecular complexity index is 571. The minimum absolute atomic E-state index is 0.203. The largest absolute Gasteiger partial charge is 0.507 e. The van der Waals surface area contributed by atoms with Gasteiger partial charge in [-0.05, 0) is 49.6 Å². The molecule has 2 nitrogen and oxygen atoms in total. The van der Waals surface area contributed by atoms with Crippen molar-refractivity contribution in [2.75, 3.05) is 0 Å². The summed E-state index contributed by atoms with van der Waals surface area (Å²) in [5, 5.41) is 20.0. The SMILES string of the molecule is Cc1cc(O)c(-c2cccc(C)c2O)cc1C. The molecule has 0 unspecified atom stereocenters. The number of para-hydroxylation sites is 1. The Balaban J connectivity index is 2.69. The van der Waals surface area contributed by atoms with Crippen LogP contribution in [-0.4, -0.2) is 10.2 Å². The van der Waals surface area contributed by atoms with E-state index in [1.807, 2.05) is 45.0 Å². The molecule has 0 aromatic heterocycles. The van der Waals surface area contributed by atoms with E-state index in [-0.39, 0.29) is 11.5 Å². The highest BCUT2D eigenvalue weighted by Gasteiger charge is 2.11. The summed E-state index contributed by atoms with van der Waals surface area (Å²) in [5.74, 6) is 0.431. The van der Waals surface area contributed by atoms with E-state index in [4.69, 9.17) is 0 Å². The van der Waals surface area contributed by atoms with Crippen molar-refractivity contribution in [1.29, 1.82) is 0 Å². The van der Waals surface area contributed by atoms with Crippen LogP contribution in [0.5, 0.6) is 11.5 Å². The molecule has 0 aliphatic heterocycles. The molecule has 2 heteroatoms. The highest BCUT2D eigenvalue weighted by Crippen LogP contribution is 2.38. The summed E-state index contributed by atoms with van der Waals surface area (Å²) in [4.78, 5) is 0. The summed E-state index contributed by atoms with van der Waals surface area (Å²) in [6, 6.07) is 9.16. The Kier molecular flexibility index (Phi) is 2.80. The smallest absolute Gasteiger partial charge is 0.126 e. The lowest BCUT2D eigenvalue weighted by Gasteiger charge is -2.11. The van der Waals surface area contributed by atoms with Crippen molar-refractivity contribution >= 4 is 0 Å². The lowest BCUT2D eigenvalue weighted by Crippen LogP contribution is -1.87. The number of aryl methyl sites for hydroxylation is 3. The maximum Gasteiger partial charge on any atom is 0.126 e. The second-order valence-electron chi connectivity index (χ2n) is 4.42. The summed E-state index contributed by atoms with van der Waals surface area (Å²) in [6.07, 6.45) is 0. The molecule has 0 fully saturated rings. The van der Waals surface area contributed by atoms with Crippen LogP contribution in [0.3, 0.4) is 0 Å². The number of hydrogen-bond acceptors (Lipinski definition) is 2. The molecule has 0 amide bonds. The molecule has 2 aromatic carbocycles. The van der Waals surface area contributed by atoms with Crippen LogP contribution in [0.4, 0.5) is 0 Å². The van der Waals surface area contributed by atoms with E-state index in [0.717, 1.165) is 16.7 Å². The molecule has 0 bridgehead atoms. The van der Waals surface area contributed by atoms with Gasteiger partial charge in [-0.25, -0.2) is 0 Å². The molecule has 0 aliphatic rings. The van der Waals surface area contributed by atoms with Gasteiger partial charge in [0.15, 0.2) is 0 Å². The zero-order valence-corrected chi connectivity index (χ0v) is 10.3. The van der Waals surface area contributed by atoms with Gasteiger partial charge < -0.3 is 10.2 Å². The van der Waals surface area contributed by atoms with Crippen LogP contribution in [0.15, 0.2) is 30.3 Å². The third-order valence-corrected chi connectivity index (χ3v) is 3.14. The first-order valence-electron chi connectivity index (χ1n) is 5.60. The first-order chi connectivity index (χ1) is 8.00. The first-order valence-corrected chi connectivity index (χ1v) is 5.60. The molecular formula is C15H16O2. The summed E-state index contributed by atoms with van der Waals surface area (Å²) in [7, 11) is 0. The number of benzene rings is 2. The van der Waals surface area contributed by atoms with Crippen LogP contribution >= 0.6 is 0 Å². The van der Waals surface area contributed by atoms with Gasteiger partial charge in [0.2, 0.25) is 0 Å². The molecule has 0 saturated carbocycles. The van der Waals surface area contributed by atoms with Crippen molar-refractivity contribution in [3.8, 4) is 22.6 Å². The molecule has 2 N–H and O–H groups in total. The van der Waals surface area contributed by atoms with E-state index in [9.17, 15) is 10.2 Å². The quantitative estimate of drug-likeness (QED) is 0.781. The first kappa shape index (κ1) is 11.5. The van der Waals surface area contributed by atoms with E-state index in [2.05, 4.69) is 0 Å². The van der Waals surface area contributed by atoms with Gasteiger partial charge in [-0.3, -0.25) is 0 Å². The Morgan fingerprint density at radius 2 is 1.41 bits per heavy atom. The summed E-state index contributed by atoms with van der Waals surface area (Å²) < 4.78 is 0. The molecule has 0 radical (unpaired) electrons. The number of aromatic hydroxyl groups is 2. The third kappa shape index (κ3) is 1.98. The van der Waals surface area contributed by atoms with E-state index in [1.165, 1.54) is 0 Å². The summed E-state index contributed by atoms with van der Waals surface area (Å²) in [5.41, 5.74) is 4.29. The van der Waals surface area contributed by atoms with Crippen LogP contribution in [0, 0.1) is 20.8 Å². The van der Waals surface area contributed by atoms with Crippen LogP contribution in [-0.2, 0) is 0 Å². The molecule has 0 spiro atoms. The highest BCUT2D eigenvalue weighted by atomic mass is 16.3. The zero-order valence-electron chi connectivity index (χ0n) is 10.3. The highest BCUT2D eigenvalue weighted by molar-refractivity contribution is 5.77. The van der Waals surface area contributed by atoms with Crippen molar-refractivity contribution in [3.63, 3.8) is 0 Å². The second kappa shape index (κ2) is 4.13. The Morgan fingerprint density at radius 3 is 2.12 bits per heavy atom. The van der Waals surface area contributed by atoms with Gasteiger partial charge in [-0.1, -0.05) is 18.2 Å². The predicted molar refractivity (Wildman–Crippen MR) is 69.4 cm³/mol. The van der Waals surface area contributed by atoms with Crippen molar-refractivity contribution in [2.24, 2.45) is 0 Å². The monoisotopic (exact) mass is 228 g/mol. The van der Waals surface area contributed by atoms with E-state index in [1.54, 1.807) is 6.07 Å². The normalized spacial score (nSPS) is 10.5. The lowest BCUT2D eigenvalue weighted by atomic mass is 9.97. The molecule has 0 atom stereocenters. The van der Waals surface area contributed by atoms with E-state index in [0.29, 0.717) is 11.1 Å². The van der Waals surface area contributed by atoms with Crippen LogP contribution in [0.2, 0.25) is 0 Å². The maximum absolute atomic E-state index is 10.0. The molecule has 88 valence electrons. The summed E-state index contributed by atoms with van der Waals surface area (Å²) >= 11 is 0. The molecule has 0 saturated heterocycles. The van der Waals surface area contributed by atoms with Crippen LogP contribution in [0.25, 0.3) is 11.1 Å². The van der Waals surface area contributed by atoms with Gasteiger partial charge in [0.1, 0.15) is 11.5 Å². The summed E-state index contributed by atoms with van der Waals surface area (Å²) in [6.45, 7) is 5.79. The molecule has 2 aromatic rings. The number of phenolic OH excluding ortho intramolecular Hbond substituents is 2. The second-order valence-corrected chi connectivity index (χ2v) is 4.42. The van der Waals surface area contributed by atoms with Gasteiger partial charge in [0.05, 0.1) is 0 Å². The minimum atomic E-state index is 0.203. The number of hydrogen-bond donors (Lipinski definition) is 2. The average molecular weight is 228 g/mol.